The van der Waals surface area contributed by atoms with E-state index in [1.807, 2.05) is 0 Å². The number of imidazole rings is 1. The summed E-state index contributed by atoms with van der Waals surface area (Å²) in [6.07, 6.45) is 6.50. The van der Waals surface area contributed by atoms with Crippen LogP contribution in [0.4, 0.5) is 0 Å². The van der Waals surface area contributed by atoms with E-state index in [-0.39, 0.29) is 0 Å². The molecule has 2 aromatic rings. The number of esters is 1. The van der Waals surface area contributed by atoms with Crippen molar-refractivity contribution in [3.8, 4) is 0 Å². The highest BCUT2D eigenvalue weighted by Gasteiger charge is 2.13. The Hall–Kier alpha value is -1.91. The molecule has 0 aliphatic rings. The van der Waals surface area contributed by atoms with Crippen LogP contribution in [0.15, 0.2) is 24.9 Å². The molecule has 0 spiro atoms. The number of hydrogen-bond acceptors (Lipinski definition) is 4. The molecule has 72 valence electrons. The van der Waals surface area contributed by atoms with Gasteiger partial charge in [-0.15, -0.1) is 0 Å². The van der Waals surface area contributed by atoms with E-state index in [0.717, 1.165) is 0 Å². The van der Waals surface area contributed by atoms with Crippen LogP contribution in [0.1, 0.15) is 17.4 Å². The molecule has 0 saturated carbocycles. The summed E-state index contributed by atoms with van der Waals surface area (Å²) in [5.41, 5.74) is 0.964. The zero-order valence-corrected chi connectivity index (χ0v) is 7.67. The second-order valence-corrected chi connectivity index (χ2v) is 2.68. The van der Waals surface area contributed by atoms with Gasteiger partial charge in [0.2, 0.25) is 0 Å². The third-order valence-corrected chi connectivity index (χ3v) is 1.81. The maximum absolute atomic E-state index is 11.4. The first-order valence-corrected chi connectivity index (χ1v) is 4.26. The van der Waals surface area contributed by atoms with E-state index in [0.29, 0.717) is 17.8 Å². The topological polar surface area (TPSA) is 56.5 Å². The van der Waals surface area contributed by atoms with Crippen LogP contribution in [0.2, 0.25) is 0 Å². The first-order valence-electron chi connectivity index (χ1n) is 4.26. The van der Waals surface area contributed by atoms with Gasteiger partial charge >= 0.3 is 5.97 Å². The Balaban J connectivity index is 2.47. The summed E-state index contributed by atoms with van der Waals surface area (Å²) >= 11 is 0. The average molecular weight is 191 g/mol. The molecule has 0 aromatic carbocycles. The number of carbonyl (C=O) groups is 1. The predicted octanol–water partition coefficient (Wildman–Crippen LogP) is 0.906. The van der Waals surface area contributed by atoms with Crippen molar-refractivity contribution < 1.29 is 9.53 Å². The summed E-state index contributed by atoms with van der Waals surface area (Å²) in [4.78, 5) is 19.3. The van der Waals surface area contributed by atoms with Crippen LogP contribution in [0.25, 0.3) is 5.52 Å². The molecular formula is C9H9N3O2. The van der Waals surface area contributed by atoms with Gasteiger partial charge in [-0.2, -0.15) is 0 Å². The van der Waals surface area contributed by atoms with Gasteiger partial charge in [0, 0.05) is 12.4 Å². The standard InChI is InChI=1S/C9H9N3O2/c1-2-14-9(13)8-7-5-10-3-4-12(7)6-11-8/h3-6H,2H2,1H3. The summed E-state index contributed by atoms with van der Waals surface area (Å²) in [7, 11) is 0. The zero-order valence-electron chi connectivity index (χ0n) is 7.67. The van der Waals surface area contributed by atoms with Crippen molar-refractivity contribution in [2.75, 3.05) is 6.61 Å². The summed E-state index contributed by atoms with van der Waals surface area (Å²) in [5, 5.41) is 0. The lowest BCUT2D eigenvalue weighted by atomic mass is 10.4. The van der Waals surface area contributed by atoms with Crippen LogP contribution in [-0.2, 0) is 4.74 Å². The van der Waals surface area contributed by atoms with Gasteiger partial charge < -0.3 is 9.14 Å². The molecular weight excluding hydrogens is 182 g/mol. The van der Waals surface area contributed by atoms with E-state index in [1.54, 1.807) is 36.2 Å². The summed E-state index contributed by atoms with van der Waals surface area (Å²) in [6.45, 7) is 2.10. The molecule has 5 heteroatoms. The SMILES string of the molecule is CCOC(=O)c1ncn2ccncc12. The van der Waals surface area contributed by atoms with Gasteiger partial charge in [0.05, 0.1) is 18.3 Å². The number of fused-ring (bicyclic) bond motifs is 1. The van der Waals surface area contributed by atoms with E-state index in [4.69, 9.17) is 4.74 Å². The number of aromatic nitrogens is 3. The monoisotopic (exact) mass is 191 g/mol. The molecule has 0 atom stereocenters. The second kappa shape index (κ2) is 3.45. The van der Waals surface area contributed by atoms with Crippen molar-refractivity contribution in [3.63, 3.8) is 0 Å². The van der Waals surface area contributed by atoms with Crippen molar-refractivity contribution >= 4 is 11.5 Å². The maximum atomic E-state index is 11.4. The molecule has 0 aliphatic carbocycles. The average Bonchev–Trinajstić information content (AvgIpc) is 2.61. The van der Waals surface area contributed by atoms with Crippen LogP contribution in [0.5, 0.6) is 0 Å². The van der Waals surface area contributed by atoms with Crippen LogP contribution in [-0.4, -0.2) is 26.9 Å². The Morgan fingerprint density at radius 1 is 1.64 bits per heavy atom. The smallest absolute Gasteiger partial charge is 0.359 e. The summed E-state index contributed by atoms with van der Waals surface area (Å²) in [5.74, 6) is -0.414. The first kappa shape index (κ1) is 8.68. The lowest BCUT2D eigenvalue weighted by Crippen LogP contribution is -2.05. The second-order valence-electron chi connectivity index (χ2n) is 2.68. The minimum absolute atomic E-state index is 0.306. The van der Waals surface area contributed by atoms with Crippen molar-refractivity contribution in [1.29, 1.82) is 0 Å². The van der Waals surface area contributed by atoms with Crippen LogP contribution in [0.3, 0.4) is 0 Å². The van der Waals surface area contributed by atoms with Crippen molar-refractivity contribution in [2.45, 2.75) is 6.92 Å². The Labute approximate surface area is 80.4 Å². The molecule has 0 saturated heterocycles. The molecule has 14 heavy (non-hydrogen) atoms. The van der Waals surface area contributed by atoms with Gasteiger partial charge in [-0.25, -0.2) is 9.78 Å². The van der Waals surface area contributed by atoms with Gasteiger partial charge in [-0.05, 0) is 6.92 Å². The van der Waals surface area contributed by atoms with Crippen molar-refractivity contribution in [1.82, 2.24) is 14.4 Å². The third-order valence-electron chi connectivity index (χ3n) is 1.81. The van der Waals surface area contributed by atoms with Gasteiger partial charge in [0.1, 0.15) is 6.33 Å². The highest BCUT2D eigenvalue weighted by Crippen LogP contribution is 2.08. The van der Waals surface area contributed by atoms with E-state index in [9.17, 15) is 4.79 Å². The first-order chi connectivity index (χ1) is 6.83. The normalized spacial score (nSPS) is 10.4. The Morgan fingerprint density at radius 2 is 2.50 bits per heavy atom. The molecule has 0 fully saturated rings. The Kier molecular flexibility index (Phi) is 2.14. The fraction of sp³-hybridized carbons (Fsp3) is 0.222. The third kappa shape index (κ3) is 1.32. The molecule has 2 aromatic heterocycles. The fourth-order valence-corrected chi connectivity index (χ4v) is 1.20. The number of ether oxygens (including phenoxy) is 1. The van der Waals surface area contributed by atoms with E-state index in [1.165, 1.54) is 0 Å². The number of rotatable bonds is 2. The maximum Gasteiger partial charge on any atom is 0.359 e. The van der Waals surface area contributed by atoms with Gasteiger partial charge in [0.15, 0.2) is 5.69 Å². The molecule has 0 amide bonds. The molecule has 0 N–H and O–H groups in total. The zero-order chi connectivity index (χ0) is 9.97. The number of carbonyl (C=O) groups excluding carboxylic acids is 1. The Bertz CT molecular complexity index is 464. The van der Waals surface area contributed by atoms with Crippen LogP contribution < -0.4 is 0 Å². The lowest BCUT2D eigenvalue weighted by Gasteiger charge is -1.97. The predicted molar refractivity (Wildman–Crippen MR) is 48.9 cm³/mol. The van der Waals surface area contributed by atoms with E-state index >= 15 is 0 Å². The van der Waals surface area contributed by atoms with E-state index in [2.05, 4.69) is 9.97 Å². The van der Waals surface area contributed by atoms with Crippen molar-refractivity contribution in [2.24, 2.45) is 0 Å². The highest BCUT2D eigenvalue weighted by molar-refractivity contribution is 5.94. The number of nitrogens with zero attached hydrogens (tertiary/aromatic N) is 3. The molecule has 2 rings (SSSR count). The van der Waals surface area contributed by atoms with Crippen LogP contribution >= 0.6 is 0 Å². The fourth-order valence-electron chi connectivity index (χ4n) is 1.20. The largest absolute Gasteiger partial charge is 0.461 e. The summed E-state index contributed by atoms with van der Waals surface area (Å²) in [6, 6.07) is 0. The van der Waals surface area contributed by atoms with Gasteiger partial charge in [-0.3, -0.25) is 4.98 Å². The summed E-state index contributed by atoms with van der Waals surface area (Å²) < 4.78 is 6.57. The molecule has 0 unspecified atom stereocenters. The van der Waals surface area contributed by atoms with Crippen LogP contribution in [0, 0.1) is 0 Å². The highest BCUT2D eigenvalue weighted by atomic mass is 16.5. The molecule has 5 nitrogen and oxygen atoms in total. The quantitative estimate of drug-likeness (QED) is 0.662. The molecule has 0 bridgehead atoms. The number of hydrogen-bond donors (Lipinski definition) is 0. The molecule has 2 heterocycles. The van der Waals surface area contributed by atoms with Gasteiger partial charge in [-0.1, -0.05) is 0 Å². The minimum Gasteiger partial charge on any atom is -0.461 e. The molecule has 0 radical (unpaired) electrons. The molecule has 0 aliphatic heterocycles. The Morgan fingerprint density at radius 3 is 3.29 bits per heavy atom. The van der Waals surface area contributed by atoms with Gasteiger partial charge in [0.25, 0.3) is 0 Å². The van der Waals surface area contributed by atoms with Crippen molar-refractivity contribution in [3.05, 3.63) is 30.6 Å². The minimum atomic E-state index is -0.414. The van der Waals surface area contributed by atoms with E-state index < -0.39 is 5.97 Å². The lowest BCUT2D eigenvalue weighted by molar-refractivity contribution is 0.0522.